The molecule has 0 unspecified atom stereocenters. The summed E-state index contributed by atoms with van der Waals surface area (Å²) in [6.45, 7) is 4.38. The number of halogens is 3. The zero-order valence-electron chi connectivity index (χ0n) is 19.6. The van der Waals surface area contributed by atoms with Gasteiger partial charge in [0, 0.05) is 18.8 Å². The van der Waals surface area contributed by atoms with Crippen LogP contribution in [0.3, 0.4) is 0 Å². The predicted molar refractivity (Wildman–Crippen MR) is 126 cm³/mol. The second-order valence-corrected chi connectivity index (χ2v) is 8.17. The summed E-state index contributed by atoms with van der Waals surface area (Å²) < 4.78 is 44.0. The lowest BCUT2D eigenvalue weighted by molar-refractivity contribution is -0.137. The van der Waals surface area contributed by atoms with Crippen LogP contribution in [0, 0.1) is 6.92 Å². The van der Waals surface area contributed by atoms with E-state index in [-0.39, 0.29) is 24.7 Å². The Labute approximate surface area is 202 Å². The zero-order chi connectivity index (χ0) is 25.4. The van der Waals surface area contributed by atoms with E-state index < -0.39 is 17.8 Å². The summed E-state index contributed by atoms with van der Waals surface area (Å²) >= 11 is 0. The van der Waals surface area contributed by atoms with E-state index in [1.165, 1.54) is 17.0 Å². The maximum Gasteiger partial charge on any atom is 0.416 e. The van der Waals surface area contributed by atoms with Gasteiger partial charge in [-0.15, -0.1) is 0 Å². The Morgan fingerprint density at radius 3 is 2.17 bits per heavy atom. The van der Waals surface area contributed by atoms with E-state index in [0.29, 0.717) is 25.3 Å². The van der Waals surface area contributed by atoms with Crippen LogP contribution in [0.25, 0.3) is 0 Å². The van der Waals surface area contributed by atoms with Gasteiger partial charge in [-0.25, -0.2) is 4.79 Å². The third kappa shape index (κ3) is 7.63. The molecule has 35 heavy (non-hydrogen) atoms. The van der Waals surface area contributed by atoms with E-state index >= 15 is 0 Å². The normalized spacial score (nSPS) is 11.2. The Morgan fingerprint density at radius 1 is 0.914 bits per heavy atom. The van der Waals surface area contributed by atoms with Crippen molar-refractivity contribution in [1.29, 1.82) is 0 Å². The smallest absolute Gasteiger partial charge is 0.416 e. The van der Waals surface area contributed by atoms with Gasteiger partial charge >= 0.3 is 12.2 Å². The average molecular weight is 488 g/mol. The molecule has 0 bridgehead atoms. The molecule has 3 aromatic rings. The van der Waals surface area contributed by atoms with E-state index in [1.54, 1.807) is 4.90 Å². The molecule has 0 aliphatic carbocycles. The summed E-state index contributed by atoms with van der Waals surface area (Å²) in [7, 11) is 0. The molecule has 0 aliphatic heterocycles. The number of furan rings is 1. The second-order valence-electron chi connectivity index (χ2n) is 8.17. The number of aryl methyl sites for hydroxylation is 1. The van der Waals surface area contributed by atoms with Crippen molar-refractivity contribution >= 4 is 17.6 Å². The molecule has 1 aromatic heterocycles. The van der Waals surface area contributed by atoms with Crippen LogP contribution >= 0.6 is 0 Å². The fraction of sp³-hybridized carbons (Fsp3) is 0.308. The van der Waals surface area contributed by atoms with Crippen LogP contribution in [0.1, 0.15) is 36.0 Å². The van der Waals surface area contributed by atoms with Crippen LogP contribution in [-0.2, 0) is 24.1 Å². The van der Waals surface area contributed by atoms with Gasteiger partial charge in [0.25, 0.3) is 0 Å². The highest BCUT2D eigenvalue weighted by Crippen LogP contribution is 2.29. The maximum atomic E-state index is 13.3. The first kappa shape index (κ1) is 25.9. The molecule has 0 spiro atoms. The third-order valence-electron chi connectivity index (χ3n) is 5.28. The van der Waals surface area contributed by atoms with Gasteiger partial charge in [0.05, 0.1) is 12.1 Å². The number of anilines is 1. The van der Waals surface area contributed by atoms with Gasteiger partial charge in [-0.1, -0.05) is 37.3 Å². The molecular weight excluding hydrogens is 459 g/mol. The fourth-order valence-electron chi connectivity index (χ4n) is 3.52. The molecule has 0 saturated heterocycles. The van der Waals surface area contributed by atoms with Gasteiger partial charge in [0.15, 0.2) is 0 Å². The van der Waals surface area contributed by atoms with Crippen molar-refractivity contribution < 1.29 is 27.2 Å². The zero-order valence-corrected chi connectivity index (χ0v) is 19.6. The number of urea groups is 1. The quantitative estimate of drug-likeness (QED) is 0.398. The topological polar surface area (TPSA) is 65.8 Å². The number of hydrogen-bond donors (Lipinski definition) is 1. The molecule has 0 fully saturated rings. The summed E-state index contributed by atoms with van der Waals surface area (Å²) in [6, 6.07) is 16.7. The van der Waals surface area contributed by atoms with Crippen LogP contribution in [-0.4, -0.2) is 34.8 Å². The Balaban J connectivity index is 1.72. The summed E-state index contributed by atoms with van der Waals surface area (Å²) in [6.07, 6.45) is -3.86. The van der Waals surface area contributed by atoms with Crippen molar-refractivity contribution in [2.24, 2.45) is 0 Å². The number of carbonyl (C=O) groups excluding carboxylic acids is 2. The highest BCUT2D eigenvalue weighted by atomic mass is 19.4. The summed E-state index contributed by atoms with van der Waals surface area (Å²) in [5.74, 6) is 1.08. The molecular formula is C26H28F3N3O3. The highest BCUT2D eigenvalue weighted by Gasteiger charge is 2.30. The first-order valence-corrected chi connectivity index (χ1v) is 11.3. The first-order chi connectivity index (χ1) is 16.7. The number of amides is 3. The molecule has 0 aliphatic rings. The van der Waals surface area contributed by atoms with Crippen LogP contribution < -0.4 is 5.32 Å². The van der Waals surface area contributed by atoms with E-state index in [4.69, 9.17) is 4.42 Å². The first-order valence-electron chi connectivity index (χ1n) is 11.3. The van der Waals surface area contributed by atoms with Crippen molar-refractivity contribution in [3.63, 3.8) is 0 Å². The van der Waals surface area contributed by atoms with Crippen molar-refractivity contribution in [3.8, 4) is 0 Å². The molecule has 0 radical (unpaired) electrons. The van der Waals surface area contributed by atoms with Gasteiger partial charge in [0.1, 0.15) is 18.1 Å². The molecule has 1 N–H and O–H groups in total. The molecule has 3 amide bonds. The minimum Gasteiger partial charge on any atom is -0.464 e. The largest absolute Gasteiger partial charge is 0.464 e. The molecule has 0 saturated carbocycles. The van der Waals surface area contributed by atoms with Gasteiger partial charge in [0.2, 0.25) is 5.91 Å². The standard InChI is InChI=1S/C26H28F3N3O3/c1-3-15-31(25(34)30-22-12-10-21(11-13-22)26(27,28)29)18-24(33)32(16-20-7-5-4-6-8-20)17-23-14-9-19(2)35-23/h4-14H,3,15-18H2,1-2H3,(H,30,34). The van der Waals surface area contributed by atoms with Crippen LogP contribution in [0.5, 0.6) is 0 Å². The van der Waals surface area contributed by atoms with Crippen molar-refractivity contribution in [3.05, 3.63) is 89.4 Å². The number of benzene rings is 2. The number of hydrogen-bond acceptors (Lipinski definition) is 3. The molecule has 1 heterocycles. The second kappa shape index (κ2) is 11.6. The molecule has 9 heteroatoms. The average Bonchev–Trinajstić information content (AvgIpc) is 3.23. The Morgan fingerprint density at radius 2 is 1.60 bits per heavy atom. The number of rotatable bonds is 9. The maximum absolute atomic E-state index is 13.3. The molecule has 6 nitrogen and oxygen atoms in total. The summed E-state index contributed by atoms with van der Waals surface area (Å²) in [5.41, 5.74) is 0.338. The summed E-state index contributed by atoms with van der Waals surface area (Å²) in [5, 5.41) is 2.58. The van der Waals surface area contributed by atoms with Gasteiger partial charge in [-0.05, 0) is 55.3 Å². The lowest BCUT2D eigenvalue weighted by atomic mass is 10.2. The number of carbonyl (C=O) groups is 2. The van der Waals surface area contributed by atoms with E-state index in [2.05, 4.69) is 5.32 Å². The van der Waals surface area contributed by atoms with Crippen LogP contribution in [0.2, 0.25) is 0 Å². The van der Waals surface area contributed by atoms with Gasteiger partial charge < -0.3 is 19.5 Å². The van der Waals surface area contributed by atoms with Gasteiger partial charge in [-0.3, -0.25) is 4.79 Å². The SMILES string of the molecule is CCCN(CC(=O)N(Cc1ccccc1)Cc1ccc(C)o1)C(=O)Nc1ccc(C(F)(F)F)cc1. The molecule has 0 atom stereocenters. The third-order valence-corrected chi connectivity index (χ3v) is 5.28. The van der Waals surface area contributed by atoms with Crippen molar-refractivity contribution in [1.82, 2.24) is 9.80 Å². The Hall–Kier alpha value is -3.75. The van der Waals surface area contributed by atoms with E-state index in [1.807, 2.05) is 56.3 Å². The van der Waals surface area contributed by atoms with E-state index in [0.717, 1.165) is 23.5 Å². The van der Waals surface area contributed by atoms with Gasteiger partial charge in [-0.2, -0.15) is 13.2 Å². The molecule has 186 valence electrons. The monoisotopic (exact) mass is 487 g/mol. The predicted octanol–water partition coefficient (Wildman–Crippen LogP) is 6.08. The van der Waals surface area contributed by atoms with Crippen LogP contribution in [0.4, 0.5) is 23.7 Å². The fourth-order valence-corrected chi connectivity index (χ4v) is 3.52. The Kier molecular flexibility index (Phi) is 8.57. The van der Waals surface area contributed by atoms with E-state index in [9.17, 15) is 22.8 Å². The minimum atomic E-state index is -4.46. The lowest BCUT2D eigenvalue weighted by Gasteiger charge is -2.27. The van der Waals surface area contributed by atoms with Crippen LogP contribution in [0.15, 0.2) is 71.1 Å². The highest BCUT2D eigenvalue weighted by molar-refractivity contribution is 5.92. The number of alkyl halides is 3. The number of nitrogens with zero attached hydrogens (tertiary/aromatic N) is 2. The minimum absolute atomic E-state index is 0.188. The number of nitrogens with one attached hydrogen (secondary N) is 1. The van der Waals surface area contributed by atoms with Crippen molar-refractivity contribution in [2.75, 3.05) is 18.4 Å². The molecule has 2 aromatic carbocycles. The Bertz CT molecular complexity index is 1110. The van der Waals surface area contributed by atoms with Crippen molar-refractivity contribution in [2.45, 2.75) is 39.5 Å². The summed E-state index contributed by atoms with van der Waals surface area (Å²) in [4.78, 5) is 29.1. The molecule has 3 rings (SSSR count). The lowest BCUT2D eigenvalue weighted by Crippen LogP contribution is -2.44.